The number of nitrogens with zero attached hydrogens (tertiary/aromatic N) is 2. The lowest BCUT2D eigenvalue weighted by Crippen LogP contribution is -2.31. The van der Waals surface area contributed by atoms with Crippen molar-refractivity contribution < 1.29 is 22.8 Å². The van der Waals surface area contributed by atoms with Crippen molar-refractivity contribution in [1.29, 1.82) is 5.26 Å². The van der Waals surface area contributed by atoms with Gasteiger partial charge in [0.15, 0.2) is 0 Å². The topological polar surface area (TPSA) is 73.2 Å². The minimum Gasteiger partial charge on any atom is -0.321 e. The lowest BCUT2D eigenvalue weighted by atomic mass is 10.0. The van der Waals surface area contributed by atoms with Crippen molar-refractivity contribution in [3.63, 3.8) is 0 Å². The standard InChI is InChI=1S/C30H26F3N3O2S/c1-18(2)21-9-13-24(14-10-21)36-28(38)26(16-20-5-4-6-22(15-20)30(31,32)33)39-29(36)25(17-34)27(37)35-23-11-7-19(3)8-12-23/h4-15,18,26H,16H2,1-3H3,(H,35,37)/b29-25-. The molecule has 1 fully saturated rings. The Morgan fingerprint density at radius 2 is 1.74 bits per heavy atom. The number of rotatable bonds is 6. The fourth-order valence-corrected chi connectivity index (χ4v) is 5.46. The lowest BCUT2D eigenvalue weighted by molar-refractivity contribution is -0.137. The van der Waals surface area contributed by atoms with Gasteiger partial charge in [-0.3, -0.25) is 14.5 Å². The zero-order valence-corrected chi connectivity index (χ0v) is 22.4. The van der Waals surface area contributed by atoms with Crippen LogP contribution in [0.5, 0.6) is 0 Å². The number of anilines is 2. The molecule has 2 amide bonds. The summed E-state index contributed by atoms with van der Waals surface area (Å²) in [5.74, 6) is -0.845. The largest absolute Gasteiger partial charge is 0.416 e. The molecular weight excluding hydrogens is 523 g/mol. The molecule has 5 nitrogen and oxygen atoms in total. The summed E-state index contributed by atoms with van der Waals surface area (Å²) in [6.07, 6.45) is -4.52. The van der Waals surface area contributed by atoms with E-state index in [0.29, 0.717) is 16.9 Å². The summed E-state index contributed by atoms with van der Waals surface area (Å²) in [5, 5.41) is 12.0. The molecule has 39 heavy (non-hydrogen) atoms. The minimum atomic E-state index is -4.51. The molecule has 1 saturated heterocycles. The highest BCUT2D eigenvalue weighted by Crippen LogP contribution is 2.42. The summed E-state index contributed by atoms with van der Waals surface area (Å²) in [4.78, 5) is 28.2. The Hall–Kier alpha value is -4.03. The van der Waals surface area contributed by atoms with Gasteiger partial charge in [-0.2, -0.15) is 18.4 Å². The molecule has 200 valence electrons. The van der Waals surface area contributed by atoms with E-state index in [-0.39, 0.29) is 22.9 Å². The highest BCUT2D eigenvalue weighted by Gasteiger charge is 2.41. The smallest absolute Gasteiger partial charge is 0.321 e. The average Bonchev–Trinajstić information content (AvgIpc) is 3.20. The van der Waals surface area contributed by atoms with Gasteiger partial charge >= 0.3 is 6.18 Å². The first-order valence-corrected chi connectivity index (χ1v) is 13.1. The quantitative estimate of drug-likeness (QED) is 0.261. The van der Waals surface area contributed by atoms with Crippen LogP contribution in [0.25, 0.3) is 0 Å². The molecule has 0 aromatic heterocycles. The van der Waals surface area contributed by atoms with Crippen LogP contribution in [0, 0.1) is 18.3 Å². The monoisotopic (exact) mass is 549 g/mol. The normalized spacial score (nSPS) is 16.8. The predicted octanol–water partition coefficient (Wildman–Crippen LogP) is 7.20. The van der Waals surface area contributed by atoms with Crippen molar-refractivity contribution >= 4 is 35.0 Å². The molecule has 9 heteroatoms. The molecule has 3 aromatic carbocycles. The van der Waals surface area contributed by atoms with Crippen LogP contribution >= 0.6 is 11.8 Å². The van der Waals surface area contributed by atoms with Gasteiger partial charge < -0.3 is 5.32 Å². The molecule has 0 spiro atoms. The Kier molecular flexibility index (Phi) is 8.17. The first kappa shape index (κ1) is 28.0. The highest BCUT2D eigenvalue weighted by molar-refractivity contribution is 8.05. The van der Waals surface area contributed by atoms with Gasteiger partial charge in [0.2, 0.25) is 5.91 Å². The molecule has 1 aliphatic rings. The molecule has 4 rings (SSSR count). The number of alkyl halides is 3. The van der Waals surface area contributed by atoms with Gasteiger partial charge in [0, 0.05) is 11.4 Å². The van der Waals surface area contributed by atoms with Crippen LogP contribution in [0.15, 0.2) is 83.4 Å². The predicted molar refractivity (Wildman–Crippen MR) is 147 cm³/mol. The van der Waals surface area contributed by atoms with Crippen molar-refractivity contribution in [3.05, 3.63) is 106 Å². The number of hydrogen-bond donors (Lipinski definition) is 1. The zero-order chi connectivity index (χ0) is 28.3. The van der Waals surface area contributed by atoms with Crippen LogP contribution in [0.4, 0.5) is 24.5 Å². The molecule has 1 atom stereocenters. The third-order valence-electron chi connectivity index (χ3n) is 6.31. The summed E-state index contributed by atoms with van der Waals surface area (Å²) in [7, 11) is 0. The molecule has 0 saturated carbocycles. The van der Waals surface area contributed by atoms with Crippen LogP contribution in [-0.4, -0.2) is 17.1 Å². The lowest BCUT2D eigenvalue weighted by Gasteiger charge is -2.19. The van der Waals surface area contributed by atoms with E-state index in [2.05, 4.69) is 5.32 Å². The molecular formula is C30H26F3N3O2S. The molecule has 1 heterocycles. The number of nitriles is 1. The summed E-state index contributed by atoms with van der Waals surface area (Å²) in [5.41, 5.74) is 2.26. The first-order valence-electron chi connectivity index (χ1n) is 12.3. The van der Waals surface area contributed by atoms with Gasteiger partial charge in [-0.05, 0) is 60.7 Å². The Bertz CT molecular complexity index is 1460. The van der Waals surface area contributed by atoms with E-state index in [1.807, 2.05) is 51.1 Å². The fraction of sp³-hybridized carbons (Fsp3) is 0.233. The molecule has 3 aromatic rings. The van der Waals surface area contributed by atoms with Crippen LogP contribution in [-0.2, 0) is 22.2 Å². The van der Waals surface area contributed by atoms with Gasteiger partial charge in [-0.1, -0.05) is 73.6 Å². The number of carbonyl (C=O) groups is 2. The van der Waals surface area contributed by atoms with E-state index in [4.69, 9.17) is 0 Å². The van der Waals surface area contributed by atoms with Gasteiger partial charge in [0.05, 0.1) is 10.8 Å². The highest BCUT2D eigenvalue weighted by atomic mass is 32.2. The molecule has 0 bridgehead atoms. The van der Waals surface area contributed by atoms with Crippen molar-refractivity contribution in [1.82, 2.24) is 0 Å². The number of aryl methyl sites for hydroxylation is 1. The number of benzene rings is 3. The van der Waals surface area contributed by atoms with Crippen molar-refractivity contribution in [2.75, 3.05) is 10.2 Å². The molecule has 1 aliphatic heterocycles. The third-order valence-corrected chi connectivity index (χ3v) is 7.57. The number of carbonyl (C=O) groups excluding carboxylic acids is 2. The van der Waals surface area contributed by atoms with Crippen molar-refractivity contribution in [2.24, 2.45) is 0 Å². The van der Waals surface area contributed by atoms with E-state index in [1.54, 1.807) is 24.3 Å². The zero-order valence-electron chi connectivity index (χ0n) is 21.5. The van der Waals surface area contributed by atoms with E-state index >= 15 is 0 Å². The second-order valence-electron chi connectivity index (χ2n) is 9.54. The number of nitrogens with one attached hydrogen (secondary N) is 1. The van der Waals surface area contributed by atoms with Gasteiger partial charge in [0.1, 0.15) is 16.7 Å². The maximum absolute atomic E-state index is 13.7. The second kappa shape index (κ2) is 11.4. The summed E-state index contributed by atoms with van der Waals surface area (Å²) in [6, 6.07) is 21.0. The maximum Gasteiger partial charge on any atom is 0.416 e. The number of thioether (sulfide) groups is 1. The third kappa shape index (κ3) is 6.35. The van der Waals surface area contributed by atoms with E-state index in [1.165, 1.54) is 17.0 Å². The number of halogens is 3. The van der Waals surface area contributed by atoms with E-state index in [9.17, 15) is 28.0 Å². The second-order valence-corrected chi connectivity index (χ2v) is 10.7. The molecule has 1 unspecified atom stereocenters. The van der Waals surface area contributed by atoms with Crippen LogP contribution in [0.3, 0.4) is 0 Å². The summed E-state index contributed by atoms with van der Waals surface area (Å²) < 4.78 is 39.8. The van der Waals surface area contributed by atoms with Crippen molar-refractivity contribution in [3.8, 4) is 6.07 Å². The van der Waals surface area contributed by atoms with Gasteiger partial charge in [0.25, 0.3) is 5.91 Å². The van der Waals surface area contributed by atoms with Crippen LogP contribution in [0.1, 0.15) is 42.0 Å². The Balaban J connectivity index is 1.73. The van der Waals surface area contributed by atoms with Crippen LogP contribution in [0.2, 0.25) is 0 Å². The number of amides is 2. The first-order chi connectivity index (χ1) is 18.5. The van der Waals surface area contributed by atoms with E-state index in [0.717, 1.165) is 35.0 Å². The fourth-order valence-electron chi connectivity index (χ4n) is 4.15. The Morgan fingerprint density at radius 1 is 1.08 bits per heavy atom. The molecule has 0 radical (unpaired) electrons. The minimum absolute atomic E-state index is 0.00418. The SMILES string of the molecule is Cc1ccc(NC(=O)/C(C#N)=C2\SC(Cc3cccc(C(F)(F)F)c3)C(=O)N2c2ccc(C(C)C)cc2)cc1. The number of hydrogen-bond acceptors (Lipinski definition) is 4. The summed E-state index contributed by atoms with van der Waals surface area (Å²) in [6.45, 7) is 5.97. The Labute approximate surface area is 229 Å². The summed E-state index contributed by atoms with van der Waals surface area (Å²) >= 11 is 1.01. The average molecular weight is 550 g/mol. The maximum atomic E-state index is 13.7. The van der Waals surface area contributed by atoms with Gasteiger partial charge in [-0.25, -0.2) is 0 Å². The van der Waals surface area contributed by atoms with E-state index < -0.39 is 28.8 Å². The van der Waals surface area contributed by atoms with Crippen molar-refractivity contribution in [2.45, 2.75) is 44.5 Å². The molecule has 0 aliphatic carbocycles. The molecule has 1 N–H and O–H groups in total. The van der Waals surface area contributed by atoms with Gasteiger partial charge in [-0.15, -0.1) is 0 Å². The van der Waals surface area contributed by atoms with Crippen LogP contribution < -0.4 is 10.2 Å². The Morgan fingerprint density at radius 3 is 2.33 bits per heavy atom.